The van der Waals surface area contributed by atoms with Crippen LogP contribution in [-0.2, 0) is 9.53 Å². The predicted molar refractivity (Wildman–Crippen MR) is 97.8 cm³/mol. The van der Waals surface area contributed by atoms with E-state index in [0.717, 1.165) is 10.8 Å². The summed E-state index contributed by atoms with van der Waals surface area (Å²) in [4.78, 5) is 35.0. The molecule has 0 spiro atoms. The van der Waals surface area contributed by atoms with E-state index < -0.39 is 24.4 Å². The lowest BCUT2D eigenvalue weighted by Crippen LogP contribution is -2.21. The zero-order valence-corrected chi connectivity index (χ0v) is 13.8. The maximum absolute atomic E-state index is 12.1. The van der Waals surface area contributed by atoms with Crippen molar-refractivity contribution in [2.45, 2.75) is 0 Å². The molecule has 2 amide bonds. The van der Waals surface area contributed by atoms with E-state index >= 15 is 0 Å². The van der Waals surface area contributed by atoms with Gasteiger partial charge in [-0.25, -0.2) is 4.79 Å². The Morgan fingerprint density at radius 1 is 0.846 bits per heavy atom. The Bertz CT molecular complexity index is 981. The molecule has 26 heavy (non-hydrogen) atoms. The first-order valence-corrected chi connectivity index (χ1v) is 7.88. The van der Waals surface area contributed by atoms with Gasteiger partial charge in [0.2, 0.25) is 5.91 Å². The summed E-state index contributed by atoms with van der Waals surface area (Å²) >= 11 is 0. The number of amides is 2. The van der Waals surface area contributed by atoms with Gasteiger partial charge in [-0.2, -0.15) is 0 Å². The van der Waals surface area contributed by atoms with Crippen molar-refractivity contribution in [2.24, 2.45) is 5.73 Å². The molecule has 6 nitrogen and oxygen atoms in total. The molecule has 0 aliphatic carbocycles. The fourth-order valence-corrected chi connectivity index (χ4v) is 2.45. The number of benzene rings is 3. The van der Waals surface area contributed by atoms with E-state index in [4.69, 9.17) is 10.5 Å². The Hall–Kier alpha value is -3.67. The topological polar surface area (TPSA) is 98.5 Å². The third kappa shape index (κ3) is 4.05. The number of hydrogen-bond donors (Lipinski definition) is 2. The fourth-order valence-electron chi connectivity index (χ4n) is 2.45. The molecule has 3 aromatic carbocycles. The lowest BCUT2D eigenvalue weighted by atomic mass is 10.1. The Kier molecular flexibility index (Phi) is 4.94. The van der Waals surface area contributed by atoms with Crippen LogP contribution >= 0.6 is 0 Å². The molecule has 0 aromatic heterocycles. The Balaban J connectivity index is 1.57. The number of hydrogen-bond acceptors (Lipinski definition) is 4. The van der Waals surface area contributed by atoms with Crippen molar-refractivity contribution >= 4 is 34.2 Å². The Morgan fingerprint density at radius 2 is 1.50 bits per heavy atom. The second-order valence-corrected chi connectivity index (χ2v) is 5.63. The summed E-state index contributed by atoms with van der Waals surface area (Å²) in [5.74, 6) is -1.60. The third-order valence-corrected chi connectivity index (χ3v) is 3.77. The van der Waals surface area contributed by atoms with Crippen molar-refractivity contribution in [1.29, 1.82) is 0 Å². The van der Waals surface area contributed by atoms with E-state index in [2.05, 4.69) is 5.32 Å². The van der Waals surface area contributed by atoms with E-state index in [9.17, 15) is 14.4 Å². The maximum Gasteiger partial charge on any atom is 0.338 e. The van der Waals surface area contributed by atoms with Crippen molar-refractivity contribution in [2.75, 3.05) is 11.9 Å². The van der Waals surface area contributed by atoms with Crippen molar-refractivity contribution < 1.29 is 19.1 Å². The van der Waals surface area contributed by atoms with Crippen molar-refractivity contribution in [3.05, 3.63) is 77.9 Å². The maximum atomic E-state index is 12.1. The van der Waals surface area contributed by atoms with Gasteiger partial charge in [-0.05, 0) is 47.2 Å². The van der Waals surface area contributed by atoms with Crippen LogP contribution in [0.3, 0.4) is 0 Å². The summed E-state index contributed by atoms with van der Waals surface area (Å²) in [5, 5.41) is 4.51. The standard InChI is InChI=1S/C20H16N2O4/c21-19(24)14-7-9-17(10-8-14)22-18(23)12-26-20(25)16-6-5-13-3-1-2-4-15(13)11-16/h1-11H,12H2,(H2,21,24)(H,22,23). The highest BCUT2D eigenvalue weighted by molar-refractivity contribution is 5.98. The van der Waals surface area contributed by atoms with Crippen molar-refractivity contribution in [3.63, 3.8) is 0 Å². The molecule has 3 rings (SSSR count). The minimum Gasteiger partial charge on any atom is -0.452 e. The van der Waals surface area contributed by atoms with Crippen LogP contribution in [0.1, 0.15) is 20.7 Å². The van der Waals surface area contributed by atoms with E-state index in [1.54, 1.807) is 24.3 Å². The van der Waals surface area contributed by atoms with Crippen LogP contribution in [-0.4, -0.2) is 24.4 Å². The summed E-state index contributed by atoms with van der Waals surface area (Å²) in [6, 6.07) is 18.9. The molecule has 6 heteroatoms. The molecular formula is C20H16N2O4. The second kappa shape index (κ2) is 7.48. The van der Waals surface area contributed by atoms with Crippen molar-refractivity contribution in [1.82, 2.24) is 0 Å². The molecule has 130 valence electrons. The van der Waals surface area contributed by atoms with Crippen LogP contribution in [0.25, 0.3) is 10.8 Å². The number of anilines is 1. The smallest absolute Gasteiger partial charge is 0.338 e. The SMILES string of the molecule is NC(=O)c1ccc(NC(=O)COC(=O)c2ccc3ccccc3c2)cc1. The van der Waals surface area contributed by atoms with Gasteiger partial charge in [-0.1, -0.05) is 30.3 Å². The number of fused-ring (bicyclic) bond motifs is 1. The lowest BCUT2D eigenvalue weighted by Gasteiger charge is -2.07. The molecule has 0 saturated carbocycles. The number of nitrogens with one attached hydrogen (secondary N) is 1. The molecule has 0 aliphatic heterocycles. The van der Waals surface area contributed by atoms with Gasteiger partial charge < -0.3 is 15.8 Å². The van der Waals surface area contributed by atoms with Crippen LogP contribution < -0.4 is 11.1 Å². The second-order valence-electron chi connectivity index (χ2n) is 5.63. The molecule has 3 aromatic rings. The molecule has 0 heterocycles. The number of rotatable bonds is 5. The van der Waals surface area contributed by atoms with Gasteiger partial charge in [0.25, 0.3) is 5.91 Å². The van der Waals surface area contributed by atoms with Crippen LogP contribution in [0.5, 0.6) is 0 Å². The minimum atomic E-state index is -0.574. The molecule has 3 N–H and O–H groups in total. The highest BCUT2D eigenvalue weighted by Gasteiger charge is 2.11. The van der Waals surface area contributed by atoms with Crippen LogP contribution in [0.2, 0.25) is 0 Å². The average Bonchev–Trinajstić information content (AvgIpc) is 2.66. The summed E-state index contributed by atoms with van der Waals surface area (Å²) in [6.07, 6.45) is 0. The molecule has 0 aliphatic rings. The fraction of sp³-hybridized carbons (Fsp3) is 0.0500. The highest BCUT2D eigenvalue weighted by Crippen LogP contribution is 2.16. The predicted octanol–water partition coefficient (Wildman–Crippen LogP) is 2.73. The van der Waals surface area contributed by atoms with Gasteiger partial charge >= 0.3 is 5.97 Å². The molecule has 0 fully saturated rings. The summed E-state index contributed by atoms with van der Waals surface area (Å²) in [5.41, 5.74) is 6.34. The van der Waals surface area contributed by atoms with E-state index in [1.807, 2.05) is 30.3 Å². The molecule has 0 unspecified atom stereocenters. The molecule has 0 atom stereocenters. The van der Waals surface area contributed by atoms with E-state index in [-0.39, 0.29) is 0 Å². The molecule has 0 radical (unpaired) electrons. The van der Waals surface area contributed by atoms with E-state index in [1.165, 1.54) is 12.1 Å². The quantitative estimate of drug-likeness (QED) is 0.693. The summed E-state index contributed by atoms with van der Waals surface area (Å²) in [7, 11) is 0. The largest absolute Gasteiger partial charge is 0.452 e. The van der Waals surface area contributed by atoms with Gasteiger partial charge in [0.1, 0.15) is 0 Å². The van der Waals surface area contributed by atoms with Crippen LogP contribution in [0.15, 0.2) is 66.7 Å². The van der Waals surface area contributed by atoms with Gasteiger partial charge in [0.15, 0.2) is 6.61 Å². The zero-order chi connectivity index (χ0) is 18.5. The lowest BCUT2D eigenvalue weighted by molar-refractivity contribution is -0.119. The number of esters is 1. The van der Waals surface area contributed by atoms with Crippen LogP contribution in [0, 0.1) is 0 Å². The highest BCUT2D eigenvalue weighted by atomic mass is 16.5. The molecular weight excluding hydrogens is 332 g/mol. The Morgan fingerprint density at radius 3 is 2.19 bits per heavy atom. The number of primary amides is 1. The van der Waals surface area contributed by atoms with Crippen molar-refractivity contribution in [3.8, 4) is 0 Å². The van der Waals surface area contributed by atoms with Gasteiger partial charge in [0.05, 0.1) is 5.56 Å². The monoisotopic (exact) mass is 348 g/mol. The first-order chi connectivity index (χ1) is 12.5. The number of ether oxygens (including phenoxy) is 1. The van der Waals surface area contributed by atoms with Gasteiger partial charge in [-0.15, -0.1) is 0 Å². The average molecular weight is 348 g/mol. The Labute approximate surface area is 149 Å². The first-order valence-electron chi connectivity index (χ1n) is 7.88. The van der Waals surface area contributed by atoms with Crippen LogP contribution in [0.4, 0.5) is 5.69 Å². The zero-order valence-electron chi connectivity index (χ0n) is 13.8. The molecule has 0 saturated heterocycles. The molecule has 0 bridgehead atoms. The normalized spacial score (nSPS) is 10.3. The third-order valence-electron chi connectivity index (χ3n) is 3.77. The minimum absolute atomic E-state index is 0.339. The summed E-state index contributed by atoms with van der Waals surface area (Å²) < 4.78 is 5.05. The van der Waals surface area contributed by atoms with E-state index in [0.29, 0.717) is 16.8 Å². The first kappa shape index (κ1) is 17.2. The number of carbonyl (C=O) groups is 3. The number of nitrogens with two attached hydrogens (primary N) is 1. The van der Waals surface area contributed by atoms with Gasteiger partial charge in [-0.3, -0.25) is 9.59 Å². The van der Waals surface area contributed by atoms with Gasteiger partial charge in [0, 0.05) is 11.3 Å². The number of carbonyl (C=O) groups excluding carboxylic acids is 3. The summed E-state index contributed by atoms with van der Waals surface area (Å²) in [6.45, 7) is -0.413.